The SMILES string of the molecule is NC(=O)c1ncc(Br)cc1OC1CC1. The molecule has 1 aliphatic rings. The summed E-state index contributed by atoms with van der Waals surface area (Å²) < 4.78 is 6.28. The predicted octanol–water partition coefficient (Wildman–Crippen LogP) is 1.48. The van der Waals surface area contributed by atoms with Gasteiger partial charge in [-0.15, -0.1) is 0 Å². The average molecular weight is 257 g/mol. The van der Waals surface area contributed by atoms with Gasteiger partial charge in [-0.1, -0.05) is 0 Å². The lowest BCUT2D eigenvalue weighted by Crippen LogP contribution is -2.15. The lowest BCUT2D eigenvalue weighted by molar-refractivity contribution is 0.0991. The maximum absolute atomic E-state index is 11.0. The summed E-state index contributed by atoms with van der Waals surface area (Å²) in [5, 5.41) is 0. The van der Waals surface area contributed by atoms with Gasteiger partial charge in [-0.2, -0.15) is 0 Å². The third-order valence-electron chi connectivity index (χ3n) is 1.87. The summed E-state index contributed by atoms with van der Waals surface area (Å²) in [7, 11) is 0. The van der Waals surface area contributed by atoms with Crippen molar-refractivity contribution in [2.45, 2.75) is 18.9 Å². The number of carbonyl (C=O) groups is 1. The summed E-state index contributed by atoms with van der Waals surface area (Å²) in [5.41, 5.74) is 5.36. The quantitative estimate of drug-likeness (QED) is 0.891. The Morgan fingerprint density at radius 1 is 1.64 bits per heavy atom. The van der Waals surface area contributed by atoms with E-state index in [9.17, 15) is 4.79 Å². The van der Waals surface area contributed by atoms with Gasteiger partial charge in [-0.25, -0.2) is 4.98 Å². The van der Waals surface area contributed by atoms with Crippen LogP contribution >= 0.6 is 15.9 Å². The molecule has 5 heteroatoms. The van der Waals surface area contributed by atoms with E-state index in [1.807, 2.05) is 0 Å². The molecule has 1 aromatic heterocycles. The van der Waals surface area contributed by atoms with Crippen molar-refractivity contribution in [3.05, 3.63) is 22.4 Å². The molecule has 74 valence electrons. The van der Waals surface area contributed by atoms with Crippen LogP contribution < -0.4 is 10.5 Å². The second-order valence-corrected chi connectivity index (χ2v) is 4.10. The molecule has 14 heavy (non-hydrogen) atoms. The second-order valence-electron chi connectivity index (χ2n) is 3.18. The van der Waals surface area contributed by atoms with Gasteiger partial charge in [0, 0.05) is 10.7 Å². The normalized spacial score (nSPS) is 15.2. The number of nitrogens with two attached hydrogens (primary N) is 1. The van der Waals surface area contributed by atoms with E-state index in [-0.39, 0.29) is 11.8 Å². The van der Waals surface area contributed by atoms with Crippen LogP contribution in [-0.4, -0.2) is 17.0 Å². The zero-order valence-corrected chi connectivity index (χ0v) is 8.95. The molecule has 0 unspecified atom stereocenters. The van der Waals surface area contributed by atoms with Crippen molar-refractivity contribution in [2.75, 3.05) is 0 Å². The molecule has 0 bridgehead atoms. The number of pyridine rings is 1. The van der Waals surface area contributed by atoms with Gasteiger partial charge in [0.05, 0.1) is 6.10 Å². The summed E-state index contributed by atoms with van der Waals surface area (Å²) in [6.45, 7) is 0. The maximum atomic E-state index is 11.0. The van der Waals surface area contributed by atoms with E-state index in [0.717, 1.165) is 17.3 Å². The molecule has 2 N–H and O–H groups in total. The van der Waals surface area contributed by atoms with Gasteiger partial charge in [0.1, 0.15) is 0 Å². The Balaban J connectivity index is 2.31. The molecular formula is C9H9BrN2O2. The molecule has 1 aromatic rings. The van der Waals surface area contributed by atoms with Gasteiger partial charge in [0.15, 0.2) is 11.4 Å². The first kappa shape index (κ1) is 9.45. The van der Waals surface area contributed by atoms with Gasteiger partial charge in [0.25, 0.3) is 5.91 Å². The Kier molecular flexibility index (Phi) is 2.41. The number of rotatable bonds is 3. The minimum absolute atomic E-state index is 0.195. The predicted molar refractivity (Wildman–Crippen MR) is 54.1 cm³/mol. The molecule has 0 aliphatic heterocycles. The molecule has 1 fully saturated rings. The highest BCUT2D eigenvalue weighted by Gasteiger charge is 2.25. The average Bonchev–Trinajstić information content (AvgIpc) is 2.87. The Labute approximate surface area is 89.6 Å². The summed E-state index contributed by atoms with van der Waals surface area (Å²) in [6.07, 6.45) is 3.82. The largest absolute Gasteiger partial charge is 0.488 e. The van der Waals surface area contributed by atoms with Crippen LogP contribution in [-0.2, 0) is 0 Å². The smallest absolute Gasteiger partial charge is 0.271 e. The number of primary amides is 1. The molecule has 0 spiro atoms. The summed E-state index contributed by atoms with van der Waals surface area (Å²) in [6, 6.07) is 1.71. The highest BCUT2D eigenvalue weighted by atomic mass is 79.9. The van der Waals surface area contributed by atoms with Crippen molar-refractivity contribution in [3.8, 4) is 5.75 Å². The van der Waals surface area contributed by atoms with E-state index in [4.69, 9.17) is 10.5 Å². The molecule has 2 rings (SSSR count). The Hall–Kier alpha value is -1.10. The van der Waals surface area contributed by atoms with E-state index < -0.39 is 5.91 Å². The molecule has 1 saturated carbocycles. The zero-order valence-electron chi connectivity index (χ0n) is 7.37. The fraction of sp³-hybridized carbons (Fsp3) is 0.333. The van der Waals surface area contributed by atoms with Crippen LogP contribution in [0.3, 0.4) is 0 Å². The molecular weight excluding hydrogens is 248 g/mol. The van der Waals surface area contributed by atoms with Crippen molar-refractivity contribution >= 4 is 21.8 Å². The Bertz CT molecular complexity index is 377. The van der Waals surface area contributed by atoms with Crippen LogP contribution in [0.2, 0.25) is 0 Å². The number of nitrogens with zero attached hydrogens (tertiary/aromatic N) is 1. The van der Waals surface area contributed by atoms with Gasteiger partial charge < -0.3 is 10.5 Å². The number of amides is 1. The lowest BCUT2D eigenvalue weighted by atomic mass is 10.3. The van der Waals surface area contributed by atoms with Crippen molar-refractivity contribution in [1.29, 1.82) is 0 Å². The van der Waals surface area contributed by atoms with E-state index in [2.05, 4.69) is 20.9 Å². The molecule has 0 radical (unpaired) electrons. The third kappa shape index (κ3) is 2.04. The first-order valence-electron chi connectivity index (χ1n) is 4.29. The van der Waals surface area contributed by atoms with Crippen molar-refractivity contribution < 1.29 is 9.53 Å². The van der Waals surface area contributed by atoms with E-state index in [1.54, 1.807) is 6.07 Å². The minimum atomic E-state index is -0.562. The van der Waals surface area contributed by atoms with Crippen LogP contribution in [0, 0.1) is 0 Å². The van der Waals surface area contributed by atoms with Crippen LogP contribution in [0.15, 0.2) is 16.7 Å². The number of hydrogen-bond acceptors (Lipinski definition) is 3. The van der Waals surface area contributed by atoms with Crippen LogP contribution in [0.5, 0.6) is 5.75 Å². The monoisotopic (exact) mass is 256 g/mol. The third-order valence-corrected chi connectivity index (χ3v) is 2.30. The molecule has 0 aromatic carbocycles. The lowest BCUT2D eigenvalue weighted by Gasteiger charge is -2.07. The van der Waals surface area contributed by atoms with E-state index >= 15 is 0 Å². The number of aromatic nitrogens is 1. The highest BCUT2D eigenvalue weighted by Crippen LogP contribution is 2.29. The van der Waals surface area contributed by atoms with Gasteiger partial charge in [-0.3, -0.25) is 4.79 Å². The number of ether oxygens (including phenoxy) is 1. The van der Waals surface area contributed by atoms with Crippen molar-refractivity contribution in [2.24, 2.45) is 5.73 Å². The number of hydrogen-bond donors (Lipinski definition) is 1. The Morgan fingerprint density at radius 3 is 2.93 bits per heavy atom. The maximum Gasteiger partial charge on any atom is 0.271 e. The van der Waals surface area contributed by atoms with Gasteiger partial charge in [0.2, 0.25) is 0 Å². The summed E-state index contributed by atoms with van der Waals surface area (Å²) >= 11 is 3.26. The summed E-state index contributed by atoms with van der Waals surface area (Å²) in [4.78, 5) is 14.9. The topological polar surface area (TPSA) is 65.2 Å². The fourth-order valence-corrected chi connectivity index (χ4v) is 1.37. The van der Waals surface area contributed by atoms with Gasteiger partial charge >= 0.3 is 0 Å². The molecule has 1 amide bonds. The van der Waals surface area contributed by atoms with Crippen LogP contribution in [0.4, 0.5) is 0 Å². The molecule has 4 nitrogen and oxygen atoms in total. The molecule has 0 saturated heterocycles. The standard InChI is InChI=1S/C9H9BrN2O2/c10-5-3-7(14-6-1-2-6)8(9(11)13)12-4-5/h3-4,6H,1-2H2,(H2,11,13). The summed E-state index contributed by atoms with van der Waals surface area (Å²) in [5.74, 6) is -0.0949. The number of carbonyl (C=O) groups excluding carboxylic acids is 1. The first-order chi connectivity index (χ1) is 6.66. The fourth-order valence-electron chi connectivity index (χ4n) is 1.06. The molecule has 1 heterocycles. The first-order valence-corrected chi connectivity index (χ1v) is 5.08. The van der Waals surface area contributed by atoms with E-state index in [1.165, 1.54) is 6.20 Å². The van der Waals surface area contributed by atoms with Crippen molar-refractivity contribution in [3.63, 3.8) is 0 Å². The van der Waals surface area contributed by atoms with Gasteiger partial charge in [-0.05, 0) is 34.8 Å². The number of halogens is 1. The molecule has 0 atom stereocenters. The van der Waals surface area contributed by atoms with E-state index in [0.29, 0.717) is 5.75 Å². The van der Waals surface area contributed by atoms with Crippen LogP contribution in [0.1, 0.15) is 23.3 Å². The molecule has 1 aliphatic carbocycles. The highest BCUT2D eigenvalue weighted by molar-refractivity contribution is 9.10. The second kappa shape index (κ2) is 3.57. The minimum Gasteiger partial charge on any atom is -0.488 e. The Morgan fingerprint density at radius 2 is 2.36 bits per heavy atom. The zero-order chi connectivity index (χ0) is 10.1. The van der Waals surface area contributed by atoms with Crippen molar-refractivity contribution in [1.82, 2.24) is 4.98 Å². The van der Waals surface area contributed by atoms with Crippen LogP contribution in [0.25, 0.3) is 0 Å².